The van der Waals surface area contributed by atoms with Gasteiger partial charge in [0, 0.05) is 12.7 Å². The van der Waals surface area contributed by atoms with Gasteiger partial charge in [0.2, 0.25) is 0 Å². The van der Waals surface area contributed by atoms with Crippen LogP contribution in [0.5, 0.6) is 0 Å². The summed E-state index contributed by atoms with van der Waals surface area (Å²) in [6.07, 6.45) is 2.69. The van der Waals surface area contributed by atoms with E-state index in [9.17, 15) is 0 Å². The molecule has 0 aromatic heterocycles. The van der Waals surface area contributed by atoms with E-state index in [0.29, 0.717) is 6.61 Å². The number of methoxy groups -OCH3 is 1. The first-order valence-corrected chi connectivity index (χ1v) is 5.86. The summed E-state index contributed by atoms with van der Waals surface area (Å²) in [6, 6.07) is 0. The molecule has 1 aliphatic rings. The molecule has 0 radical (unpaired) electrons. The quantitative estimate of drug-likeness (QED) is 0.652. The Morgan fingerprint density at radius 2 is 2.31 bits per heavy atom. The van der Waals surface area contributed by atoms with E-state index in [4.69, 9.17) is 14.2 Å². The molecule has 1 aliphatic heterocycles. The van der Waals surface area contributed by atoms with E-state index in [1.54, 1.807) is 7.11 Å². The van der Waals surface area contributed by atoms with Crippen molar-refractivity contribution in [2.24, 2.45) is 5.92 Å². The highest BCUT2D eigenvalue weighted by molar-refractivity contribution is 5.04. The van der Waals surface area contributed by atoms with Crippen LogP contribution < -0.4 is 0 Å². The number of hydrogen-bond acceptors (Lipinski definition) is 3. The maximum atomic E-state index is 5.54. The summed E-state index contributed by atoms with van der Waals surface area (Å²) >= 11 is 0. The highest BCUT2D eigenvalue weighted by Crippen LogP contribution is 2.22. The zero-order chi connectivity index (χ0) is 12.0. The van der Waals surface area contributed by atoms with E-state index in [1.807, 2.05) is 0 Å². The number of rotatable bonds is 6. The molecule has 3 nitrogen and oxygen atoms in total. The molecule has 1 saturated heterocycles. The van der Waals surface area contributed by atoms with Crippen molar-refractivity contribution in [3.05, 3.63) is 17.9 Å². The van der Waals surface area contributed by atoms with Crippen LogP contribution in [0.1, 0.15) is 33.1 Å². The summed E-state index contributed by atoms with van der Waals surface area (Å²) in [6.45, 7) is 8.62. The normalized spacial score (nSPS) is 24.8. The van der Waals surface area contributed by atoms with Crippen molar-refractivity contribution < 1.29 is 14.2 Å². The van der Waals surface area contributed by atoms with Crippen molar-refractivity contribution in [1.29, 1.82) is 0 Å². The molecule has 0 aromatic rings. The van der Waals surface area contributed by atoms with Crippen molar-refractivity contribution in [2.45, 2.75) is 45.7 Å². The zero-order valence-corrected chi connectivity index (χ0v) is 10.5. The van der Waals surface area contributed by atoms with E-state index < -0.39 is 0 Å². The third-order valence-electron chi connectivity index (χ3n) is 2.66. The van der Waals surface area contributed by atoms with Crippen molar-refractivity contribution in [3.8, 4) is 0 Å². The van der Waals surface area contributed by atoms with Gasteiger partial charge in [-0.25, -0.2) is 0 Å². The first-order chi connectivity index (χ1) is 7.67. The van der Waals surface area contributed by atoms with Crippen LogP contribution in [0.3, 0.4) is 0 Å². The highest BCUT2D eigenvalue weighted by Gasteiger charge is 2.28. The van der Waals surface area contributed by atoms with Crippen LogP contribution in [-0.4, -0.2) is 26.3 Å². The van der Waals surface area contributed by atoms with Crippen LogP contribution in [0, 0.1) is 5.92 Å². The molecule has 16 heavy (non-hydrogen) atoms. The summed E-state index contributed by atoms with van der Waals surface area (Å²) in [4.78, 5) is 0. The molecule has 2 atom stereocenters. The van der Waals surface area contributed by atoms with Crippen molar-refractivity contribution in [1.82, 2.24) is 0 Å². The fourth-order valence-electron chi connectivity index (χ4n) is 1.68. The van der Waals surface area contributed by atoms with Gasteiger partial charge >= 0.3 is 0 Å². The highest BCUT2D eigenvalue weighted by atomic mass is 16.8. The Kier molecular flexibility index (Phi) is 5.78. The summed E-state index contributed by atoms with van der Waals surface area (Å²) in [5, 5.41) is 0. The van der Waals surface area contributed by atoms with Gasteiger partial charge in [-0.1, -0.05) is 26.8 Å². The second kappa shape index (κ2) is 6.87. The van der Waals surface area contributed by atoms with E-state index in [2.05, 4.69) is 26.2 Å². The van der Waals surface area contributed by atoms with Crippen LogP contribution >= 0.6 is 0 Å². The molecule has 3 heteroatoms. The summed E-state index contributed by atoms with van der Waals surface area (Å²) < 4.78 is 16.1. The first kappa shape index (κ1) is 13.5. The third kappa shape index (κ3) is 4.11. The van der Waals surface area contributed by atoms with E-state index in [-0.39, 0.29) is 12.6 Å². The van der Waals surface area contributed by atoms with Gasteiger partial charge in [0.15, 0.2) is 12.6 Å². The number of ether oxygens (including phenoxy) is 3. The van der Waals surface area contributed by atoms with Crippen molar-refractivity contribution >= 4 is 0 Å². The van der Waals surface area contributed by atoms with Crippen LogP contribution in [-0.2, 0) is 14.2 Å². The van der Waals surface area contributed by atoms with Gasteiger partial charge in [-0.2, -0.15) is 0 Å². The molecule has 92 valence electrons. The lowest BCUT2D eigenvalue weighted by Gasteiger charge is -2.13. The summed E-state index contributed by atoms with van der Waals surface area (Å²) in [7, 11) is 1.62. The lowest BCUT2D eigenvalue weighted by atomic mass is 10.0. The fraction of sp³-hybridized carbons (Fsp3) is 0.769. The molecular formula is C13H22O3. The molecule has 1 rings (SSSR count). The largest absolute Gasteiger partial charge is 0.353 e. The van der Waals surface area contributed by atoms with Gasteiger partial charge in [0.1, 0.15) is 6.61 Å². The average Bonchev–Trinajstić information content (AvgIpc) is 2.72. The van der Waals surface area contributed by atoms with Gasteiger partial charge in [-0.15, -0.1) is 5.73 Å². The zero-order valence-electron chi connectivity index (χ0n) is 10.5. The molecule has 0 saturated carbocycles. The van der Waals surface area contributed by atoms with Gasteiger partial charge < -0.3 is 14.2 Å². The van der Waals surface area contributed by atoms with E-state index in [1.165, 1.54) is 6.42 Å². The second-order valence-corrected chi connectivity index (χ2v) is 4.45. The fourth-order valence-corrected chi connectivity index (χ4v) is 1.68. The van der Waals surface area contributed by atoms with Gasteiger partial charge in [-0.3, -0.25) is 0 Å². The minimum atomic E-state index is -0.311. The van der Waals surface area contributed by atoms with Crippen LogP contribution in [0.2, 0.25) is 0 Å². The molecule has 1 heterocycles. The Morgan fingerprint density at radius 3 is 2.81 bits per heavy atom. The van der Waals surface area contributed by atoms with Gasteiger partial charge in [0.05, 0.1) is 0 Å². The molecule has 2 unspecified atom stereocenters. The van der Waals surface area contributed by atoms with Crippen molar-refractivity contribution in [2.75, 3.05) is 13.7 Å². The minimum absolute atomic E-state index is 0.251. The second-order valence-electron chi connectivity index (χ2n) is 4.45. The molecule has 0 aliphatic carbocycles. The first-order valence-electron chi connectivity index (χ1n) is 5.86. The minimum Gasteiger partial charge on any atom is -0.353 e. The van der Waals surface area contributed by atoms with Crippen LogP contribution in [0.25, 0.3) is 0 Å². The molecule has 0 aromatic carbocycles. The predicted octanol–water partition coefficient (Wildman–Crippen LogP) is 2.87. The molecule has 0 spiro atoms. The Balaban J connectivity index is 2.35. The lowest BCUT2D eigenvalue weighted by Crippen LogP contribution is -2.15. The van der Waals surface area contributed by atoms with Crippen LogP contribution in [0.15, 0.2) is 17.9 Å². The molecule has 0 amide bonds. The Bertz CT molecular complexity index is 254. The maximum absolute atomic E-state index is 5.54. The molecular weight excluding hydrogens is 204 g/mol. The smallest absolute Gasteiger partial charge is 0.190 e. The van der Waals surface area contributed by atoms with Gasteiger partial charge in [-0.05, 0) is 18.8 Å². The average molecular weight is 226 g/mol. The molecule has 0 bridgehead atoms. The van der Waals surface area contributed by atoms with E-state index >= 15 is 0 Å². The maximum Gasteiger partial charge on any atom is 0.190 e. The Labute approximate surface area is 98.1 Å². The number of hydrogen-bond donors (Lipinski definition) is 0. The van der Waals surface area contributed by atoms with Crippen molar-refractivity contribution in [3.63, 3.8) is 0 Å². The third-order valence-corrected chi connectivity index (χ3v) is 2.66. The Hall–Kier alpha value is -0.600. The molecule has 0 N–H and O–H groups in total. The predicted molar refractivity (Wildman–Crippen MR) is 63.0 cm³/mol. The summed E-state index contributed by atoms with van der Waals surface area (Å²) in [5.74, 6) is 0.725. The van der Waals surface area contributed by atoms with Crippen LogP contribution in [0.4, 0.5) is 0 Å². The van der Waals surface area contributed by atoms with Gasteiger partial charge in [0.25, 0.3) is 0 Å². The standard InChI is InChI=1S/C13H22O3/c1-5-11(8-6-7-10(2)3)13-15-9-12(14-4)16-13/h10,12-13H,1,6-9H2,2-4H3. The lowest BCUT2D eigenvalue weighted by molar-refractivity contribution is -0.115. The topological polar surface area (TPSA) is 27.7 Å². The summed E-state index contributed by atoms with van der Waals surface area (Å²) in [5.41, 5.74) is 3.92. The van der Waals surface area contributed by atoms with E-state index in [0.717, 1.165) is 24.3 Å². The monoisotopic (exact) mass is 226 g/mol. The SMILES string of the molecule is C=C=C(CCCC(C)C)C1OCC(OC)O1. The molecule has 1 fully saturated rings. The Morgan fingerprint density at radius 1 is 1.56 bits per heavy atom.